The van der Waals surface area contributed by atoms with E-state index >= 15 is 0 Å². The zero-order valence-electron chi connectivity index (χ0n) is 13.2. The predicted octanol–water partition coefficient (Wildman–Crippen LogP) is 4.17. The van der Waals surface area contributed by atoms with Gasteiger partial charge in [-0.25, -0.2) is 8.42 Å². The molecule has 0 aliphatic rings. The van der Waals surface area contributed by atoms with Gasteiger partial charge in [0.15, 0.2) is 14.0 Å². The molecule has 0 aliphatic heterocycles. The fraction of sp³-hybridized carbons (Fsp3) is 0.333. The van der Waals surface area contributed by atoms with E-state index in [4.69, 9.17) is 11.6 Å². The van der Waals surface area contributed by atoms with Gasteiger partial charge in [0, 0.05) is 5.75 Å². The van der Waals surface area contributed by atoms with Gasteiger partial charge >= 0.3 is 0 Å². The Morgan fingerprint density at radius 3 is 2.00 bits per heavy atom. The maximum atomic E-state index is 12.3. The van der Waals surface area contributed by atoms with Gasteiger partial charge in [-0.3, -0.25) is 0 Å². The summed E-state index contributed by atoms with van der Waals surface area (Å²) in [5.41, 5.74) is 2.55. The predicted molar refractivity (Wildman–Crippen MR) is 95.2 cm³/mol. The quantitative estimate of drug-likeness (QED) is 0.794. The number of rotatable bonds is 6. The van der Waals surface area contributed by atoms with Gasteiger partial charge in [0.25, 0.3) is 0 Å². The lowest BCUT2D eigenvalue weighted by Gasteiger charge is -2.30. The largest absolute Gasteiger partial charge is 0.385 e. The molecule has 3 nitrogen and oxygen atoms in total. The minimum atomic E-state index is -3.60. The van der Waals surface area contributed by atoms with Crippen molar-refractivity contribution in [3.63, 3.8) is 0 Å². The minimum absolute atomic E-state index is 0.108. The standard InChI is InChI=1S/C18H21ClO3S/c1-3-18(19,23(21,22)4-2)17(20)16-12-10-15(11-13-16)14-8-6-5-7-9-14/h5-13,17,20H,3-4H2,1-2H3. The van der Waals surface area contributed by atoms with Crippen molar-refractivity contribution in [1.82, 2.24) is 0 Å². The summed E-state index contributed by atoms with van der Waals surface area (Å²) in [6.07, 6.45) is -1.14. The molecule has 0 amide bonds. The van der Waals surface area contributed by atoms with Crippen LogP contribution in [0.4, 0.5) is 0 Å². The molecule has 0 heterocycles. The van der Waals surface area contributed by atoms with E-state index in [0.717, 1.165) is 11.1 Å². The fourth-order valence-electron chi connectivity index (χ4n) is 2.56. The topological polar surface area (TPSA) is 54.4 Å². The highest BCUT2D eigenvalue weighted by Gasteiger charge is 2.46. The molecule has 0 bridgehead atoms. The first-order chi connectivity index (χ1) is 10.9. The van der Waals surface area contributed by atoms with E-state index < -0.39 is 20.1 Å². The average molecular weight is 353 g/mol. The first-order valence-corrected chi connectivity index (χ1v) is 9.63. The van der Waals surface area contributed by atoms with Crippen LogP contribution in [0.2, 0.25) is 0 Å². The minimum Gasteiger partial charge on any atom is -0.385 e. The van der Waals surface area contributed by atoms with Crippen LogP contribution < -0.4 is 0 Å². The smallest absolute Gasteiger partial charge is 0.175 e. The van der Waals surface area contributed by atoms with Crippen LogP contribution in [0, 0.1) is 0 Å². The molecule has 2 aromatic carbocycles. The highest BCUT2D eigenvalue weighted by atomic mass is 35.5. The molecule has 0 fully saturated rings. The van der Waals surface area contributed by atoms with E-state index in [1.807, 2.05) is 42.5 Å². The van der Waals surface area contributed by atoms with Crippen LogP contribution >= 0.6 is 11.6 Å². The Morgan fingerprint density at radius 2 is 1.52 bits per heavy atom. The summed E-state index contributed by atoms with van der Waals surface area (Å²) in [5, 5.41) is 10.6. The Kier molecular flexibility index (Phi) is 5.50. The van der Waals surface area contributed by atoms with Gasteiger partial charge in [-0.15, -0.1) is 0 Å². The summed E-state index contributed by atoms with van der Waals surface area (Å²) >= 11 is 6.32. The van der Waals surface area contributed by atoms with Crippen molar-refractivity contribution >= 4 is 21.4 Å². The lowest BCUT2D eigenvalue weighted by Crippen LogP contribution is -2.39. The number of aliphatic hydroxyl groups is 1. The molecule has 5 heteroatoms. The van der Waals surface area contributed by atoms with Crippen molar-refractivity contribution in [2.75, 3.05) is 5.75 Å². The zero-order chi connectivity index (χ0) is 17.1. The number of aliphatic hydroxyl groups excluding tert-OH is 1. The lowest BCUT2D eigenvalue weighted by atomic mass is 9.99. The number of sulfone groups is 1. The van der Waals surface area contributed by atoms with Crippen LogP contribution in [0.5, 0.6) is 0 Å². The number of benzene rings is 2. The second-order valence-electron chi connectivity index (χ2n) is 5.43. The maximum absolute atomic E-state index is 12.3. The SMILES string of the molecule is CCC(Cl)(C(O)c1ccc(-c2ccccc2)cc1)S(=O)(=O)CC. The number of hydrogen-bond acceptors (Lipinski definition) is 3. The normalized spacial score (nSPS) is 15.8. The monoisotopic (exact) mass is 352 g/mol. The Balaban J connectivity index is 2.35. The maximum Gasteiger partial charge on any atom is 0.175 e. The fourth-order valence-corrected chi connectivity index (χ4v) is 4.41. The molecule has 23 heavy (non-hydrogen) atoms. The van der Waals surface area contributed by atoms with Crippen LogP contribution in [0.15, 0.2) is 54.6 Å². The molecule has 0 saturated heterocycles. The molecule has 0 saturated carbocycles. The summed E-state index contributed by atoms with van der Waals surface area (Å²) in [7, 11) is -3.60. The van der Waals surface area contributed by atoms with Crippen molar-refractivity contribution in [2.24, 2.45) is 0 Å². The molecule has 2 aromatic rings. The summed E-state index contributed by atoms with van der Waals surface area (Å²) < 4.78 is 22.8. The molecular formula is C18H21ClO3S. The van der Waals surface area contributed by atoms with E-state index in [1.165, 1.54) is 6.92 Å². The molecule has 2 atom stereocenters. The van der Waals surface area contributed by atoms with Gasteiger partial charge in [-0.1, -0.05) is 80.0 Å². The Morgan fingerprint density at radius 1 is 1.00 bits per heavy atom. The summed E-state index contributed by atoms with van der Waals surface area (Å²) in [5.74, 6) is -0.108. The first-order valence-electron chi connectivity index (χ1n) is 7.60. The number of alkyl halides is 1. The molecule has 2 unspecified atom stereocenters. The van der Waals surface area contributed by atoms with Crippen LogP contribution in [0.25, 0.3) is 11.1 Å². The lowest BCUT2D eigenvalue weighted by molar-refractivity contribution is 0.154. The van der Waals surface area contributed by atoms with Gasteiger partial charge in [0.2, 0.25) is 0 Å². The third-order valence-corrected chi connectivity index (χ3v) is 7.61. The van der Waals surface area contributed by atoms with E-state index in [0.29, 0.717) is 5.56 Å². The van der Waals surface area contributed by atoms with Crippen LogP contribution in [-0.2, 0) is 9.84 Å². The van der Waals surface area contributed by atoms with Gasteiger partial charge in [0.05, 0.1) is 0 Å². The van der Waals surface area contributed by atoms with Crippen molar-refractivity contribution in [1.29, 1.82) is 0 Å². The second-order valence-corrected chi connectivity index (χ2v) is 8.87. The molecular weight excluding hydrogens is 332 g/mol. The molecule has 124 valence electrons. The highest BCUT2D eigenvalue weighted by molar-refractivity contribution is 7.94. The van der Waals surface area contributed by atoms with Gasteiger partial charge in [0.1, 0.15) is 6.10 Å². The second kappa shape index (κ2) is 7.04. The molecule has 1 N–H and O–H groups in total. The third kappa shape index (κ3) is 3.44. The van der Waals surface area contributed by atoms with Crippen molar-refractivity contribution in [3.05, 3.63) is 60.2 Å². The van der Waals surface area contributed by atoms with Crippen LogP contribution in [-0.4, -0.2) is 23.5 Å². The van der Waals surface area contributed by atoms with Crippen LogP contribution in [0.1, 0.15) is 31.9 Å². The Hall–Kier alpha value is -1.36. The first kappa shape index (κ1) is 18.0. The molecule has 0 spiro atoms. The Labute approximate surface area is 142 Å². The van der Waals surface area contributed by atoms with E-state index in [9.17, 15) is 13.5 Å². The summed E-state index contributed by atoms with van der Waals surface area (Å²) in [6, 6.07) is 17.0. The highest BCUT2D eigenvalue weighted by Crippen LogP contribution is 2.40. The van der Waals surface area contributed by atoms with Crippen molar-refractivity contribution < 1.29 is 13.5 Å². The molecule has 2 rings (SSSR count). The summed E-state index contributed by atoms with van der Waals surface area (Å²) in [6.45, 7) is 3.20. The van der Waals surface area contributed by atoms with Gasteiger partial charge in [-0.2, -0.15) is 0 Å². The average Bonchev–Trinajstić information content (AvgIpc) is 2.61. The number of halogens is 1. The van der Waals surface area contributed by atoms with Gasteiger partial charge < -0.3 is 5.11 Å². The molecule has 0 radical (unpaired) electrons. The van der Waals surface area contributed by atoms with E-state index in [1.54, 1.807) is 19.1 Å². The third-order valence-electron chi connectivity index (χ3n) is 4.12. The van der Waals surface area contributed by atoms with E-state index in [-0.39, 0.29) is 12.2 Å². The van der Waals surface area contributed by atoms with Crippen molar-refractivity contribution in [3.8, 4) is 11.1 Å². The number of hydrogen-bond donors (Lipinski definition) is 1. The van der Waals surface area contributed by atoms with Gasteiger partial charge in [-0.05, 0) is 23.1 Å². The zero-order valence-corrected chi connectivity index (χ0v) is 14.8. The van der Waals surface area contributed by atoms with Crippen molar-refractivity contribution in [2.45, 2.75) is 30.6 Å². The van der Waals surface area contributed by atoms with Crippen LogP contribution in [0.3, 0.4) is 0 Å². The molecule has 0 aromatic heterocycles. The summed E-state index contributed by atoms with van der Waals surface area (Å²) in [4.78, 5) is 0. The van der Waals surface area contributed by atoms with E-state index in [2.05, 4.69) is 0 Å². The molecule has 0 aliphatic carbocycles. The Bertz CT molecular complexity index is 742.